The summed E-state index contributed by atoms with van der Waals surface area (Å²) in [6.45, 7) is 7.21. The number of hydrogen-bond donors (Lipinski definition) is 1. The van der Waals surface area contributed by atoms with Gasteiger partial charge in [-0.3, -0.25) is 0 Å². The van der Waals surface area contributed by atoms with Crippen LogP contribution in [0.5, 0.6) is 0 Å². The van der Waals surface area contributed by atoms with Crippen molar-refractivity contribution in [3.05, 3.63) is 23.4 Å². The van der Waals surface area contributed by atoms with Gasteiger partial charge in [-0.25, -0.2) is 4.98 Å². The molecule has 2 N–H and O–H groups in total. The van der Waals surface area contributed by atoms with Gasteiger partial charge in [-0.15, -0.1) is 0 Å². The first kappa shape index (κ1) is 12.4. The minimum atomic E-state index is 0.580. The lowest BCUT2D eigenvalue weighted by Gasteiger charge is -2.33. The molecule has 1 atom stereocenters. The van der Waals surface area contributed by atoms with E-state index in [1.807, 2.05) is 6.92 Å². The molecule has 1 aromatic heterocycles. The third-order valence-corrected chi connectivity index (χ3v) is 3.82. The molecule has 17 heavy (non-hydrogen) atoms. The van der Waals surface area contributed by atoms with Gasteiger partial charge in [-0.05, 0) is 37.3 Å². The van der Waals surface area contributed by atoms with Crippen molar-refractivity contribution in [3.8, 4) is 0 Å². The minimum absolute atomic E-state index is 0.580. The van der Waals surface area contributed by atoms with E-state index in [-0.39, 0.29) is 0 Å². The van der Waals surface area contributed by atoms with E-state index in [2.05, 4.69) is 28.9 Å². The van der Waals surface area contributed by atoms with Crippen LogP contribution in [0.3, 0.4) is 0 Å². The Morgan fingerprint density at radius 1 is 1.47 bits per heavy atom. The van der Waals surface area contributed by atoms with Gasteiger partial charge in [0.15, 0.2) is 0 Å². The Balaban J connectivity index is 2.13. The van der Waals surface area contributed by atoms with E-state index in [4.69, 9.17) is 5.73 Å². The maximum atomic E-state index is 5.67. The summed E-state index contributed by atoms with van der Waals surface area (Å²) in [6.07, 6.45) is 3.93. The molecule has 1 fully saturated rings. The normalized spacial score (nSPS) is 20.6. The van der Waals surface area contributed by atoms with Crippen LogP contribution < -0.4 is 10.6 Å². The SMILES string of the molecule is CCC1CCCN(c2ccc(CN)c(C)n2)C1. The van der Waals surface area contributed by atoms with Crippen molar-refractivity contribution in [3.63, 3.8) is 0 Å². The number of hydrogen-bond acceptors (Lipinski definition) is 3. The lowest BCUT2D eigenvalue weighted by atomic mass is 9.95. The van der Waals surface area contributed by atoms with Gasteiger partial charge in [0.2, 0.25) is 0 Å². The van der Waals surface area contributed by atoms with E-state index in [0.29, 0.717) is 6.54 Å². The van der Waals surface area contributed by atoms with Crippen LogP contribution in [0.1, 0.15) is 37.4 Å². The molecule has 2 heterocycles. The summed E-state index contributed by atoms with van der Waals surface area (Å²) in [6, 6.07) is 4.24. The Bertz CT molecular complexity index is 376. The number of rotatable bonds is 3. The average Bonchev–Trinajstić information content (AvgIpc) is 2.38. The van der Waals surface area contributed by atoms with Gasteiger partial charge in [0.1, 0.15) is 5.82 Å². The number of pyridine rings is 1. The molecule has 0 aliphatic carbocycles. The van der Waals surface area contributed by atoms with Crippen LogP contribution in [0.25, 0.3) is 0 Å². The maximum Gasteiger partial charge on any atom is 0.128 e. The van der Waals surface area contributed by atoms with Crippen molar-refractivity contribution in [1.29, 1.82) is 0 Å². The number of anilines is 1. The number of aromatic nitrogens is 1. The highest BCUT2D eigenvalue weighted by Crippen LogP contribution is 2.24. The van der Waals surface area contributed by atoms with Gasteiger partial charge in [-0.1, -0.05) is 19.4 Å². The highest BCUT2D eigenvalue weighted by Gasteiger charge is 2.19. The van der Waals surface area contributed by atoms with Crippen LogP contribution in [0, 0.1) is 12.8 Å². The third-order valence-electron chi connectivity index (χ3n) is 3.82. The highest BCUT2D eigenvalue weighted by molar-refractivity contribution is 5.42. The quantitative estimate of drug-likeness (QED) is 0.872. The molecule has 1 saturated heterocycles. The summed E-state index contributed by atoms with van der Waals surface area (Å²) in [5.74, 6) is 1.96. The van der Waals surface area contributed by atoms with E-state index >= 15 is 0 Å². The molecule has 0 radical (unpaired) electrons. The monoisotopic (exact) mass is 233 g/mol. The fourth-order valence-corrected chi connectivity index (χ4v) is 2.57. The molecule has 0 aromatic carbocycles. The summed E-state index contributed by atoms with van der Waals surface area (Å²) in [5.41, 5.74) is 7.89. The first-order valence-corrected chi connectivity index (χ1v) is 6.66. The Morgan fingerprint density at radius 2 is 2.29 bits per heavy atom. The molecule has 0 amide bonds. The lowest BCUT2D eigenvalue weighted by molar-refractivity contribution is 0.403. The minimum Gasteiger partial charge on any atom is -0.356 e. The number of piperidine rings is 1. The Labute approximate surface area is 104 Å². The molecule has 3 heteroatoms. The molecule has 3 nitrogen and oxygen atoms in total. The molecule has 1 aromatic rings. The van der Waals surface area contributed by atoms with Crippen LogP contribution >= 0.6 is 0 Å². The molecule has 1 aliphatic heterocycles. The predicted molar refractivity (Wildman–Crippen MR) is 72.1 cm³/mol. The van der Waals surface area contributed by atoms with Gasteiger partial charge in [0.05, 0.1) is 0 Å². The van der Waals surface area contributed by atoms with Crippen molar-refractivity contribution in [1.82, 2.24) is 4.98 Å². The van der Waals surface area contributed by atoms with Crippen molar-refractivity contribution in [2.24, 2.45) is 11.7 Å². The standard InChI is InChI=1S/C14H23N3/c1-3-12-5-4-8-17(10-12)14-7-6-13(9-15)11(2)16-14/h6-7,12H,3-5,8-10,15H2,1-2H3. The average molecular weight is 233 g/mol. The fourth-order valence-electron chi connectivity index (χ4n) is 2.57. The number of nitrogens with two attached hydrogens (primary N) is 1. The van der Waals surface area contributed by atoms with Crippen molar-refractivity contribution in [2.75, 3.05) is 18.0 Å². The van der Waals surface area contributed by atoms with E-state index in [1.165, 1.54) is 19.3 Å². The van der Waals surface area contributed by atoms with E-state index < -0.39 is 0 Å². The number of nitrogens with zero attached hydrogens (tertiary/aromatic N) is 2. The zero-order valence-corrected chi connectivity index (χ0v) is 10.9. The smallest absolute Gasteiger partial charge is 0.128 e. The second-order valence-corrected chi connectivity index (χ2v) is 4.98. The molecular weight excluding hydrogens is 210 g/mol. The number of aryl methyl sites for hydroxylation is 1. The summed E-state index contributed by atoms with van der Waals surface area (Å²) >= 11 is 0. The van der Waals surface area contributed by atoms with Gasteiger partial charge in [0.25, 0.3) is 0 Å². The van der Waals surface area contributed by atoms with E-state index in [1.54, 1.807) is 0 Å². The zero-order valence-electron chi connectivity index (χ0n) is 10.9. The third kappa shape index (κ3) is 2.78. The second-order valence-electron chi connectivity index (χ2n) is 4.98. The fraction of sp³-hybridized carbons (Fsp3) is 0.643. The highest BCUT2D eigenvalue weighted by atomic mass is 15.2. The molecule has 1 unspecified atom stereocenters. The molecule has 0 spiro atoms. The van der Waals surface area contributed by atoms with E-state index in [9.17, 15) is 0 Å². The van der Waals surface area contributed by atoms with Crippen molar-refractivity contribution >= 4 is 5.82 Å². The van der Waals surface area contributed by atoms with Crippen molar-refractivity contribution < 1.29 is 0 Å². The summed E-state index contributed by atoms with van der Waals surface area (Å²) < 4.78 is 0. The Hall–Kier alpha value is -1.09. The Morgan fingerprint density at radius 3 is 2.94 bits per heavy atom. The second kappa shape index (κ2) is 5.50. The van der Waals surface area contributed by atoms with Crippen LogP contribution in [-0.2, 0) is 6.54 Å². The first-order chi connectivity index (χ1) is 8.24. The lowest BCUT2D eigenvalue weighted by Crippen LogP contribution is -2.35. The largest absolute Gasteiger partial charge is 0.356 e. The molecule has 94 valence electrons. The van der Waals surface area contributed by atoms with E-state index in [0.717, 1.165) is 36.1 Å². The molecule has 1 aliphatic rings. The molecule has 0 bridgehead atoms. The van der Waals surface area contributed by atoms with Crippen LogP contribution in [0.15, 0.2) is 12.1 Å². The predicted octanol–water partition coefficient (Wildman–Crippen LogP) is 2.48. The first-order valence-electron chi connectivity index (χ1n) is 6.66. The Kier molecular flexibility index (Phi) is 4.00. The summed E-state index contributed by atoms with van der Waals surface area (Å²) in [4.78, 5) is 7.10. The summed E-state index contributed by atoms with van der Waals surface area (Å²) in [7, 11) is 0. The van der Waals surface area contributed by atoms with Crippen LogP contribution in [0.2, 0.25) is 0 Å². The van der Waals surface area contributed by atoms with Gasteiger partial charge < -0.3 is 10.6 Å². The van der Waals surface area contributed by atoms with Gasteiger partial charge in [-0.2, -0.15) is 0 Å². The van der Waals surface area contributed by atoms with Gasteiger partial charge >= 0.3 is 0 Å². The molecular formula is C14H23N3. The maximum absolute atomic E-state index is 5.67. The topological polar surface area (TPSA) is 42.1 Å². The van der Waals surface area contributed by atoms with Crippen molar-refractivity contribution in [2.45, 2.75) is 39.7 Å². The summed E-state index contributed by atoms with van der Waals surface area (Å²) in [5, 5.41) is 0. The van der Waals surface area contributed by atoms with Crippen LogP contribution in [0.4, 0.5) is 5.82 Å². The molecule has 2 rings (SSSR count). The van der Waals surface area contributed by atoms with Crippen LogP contribution in [-0.4, -0.2) is 18.1 Å². The van der Waals surface area contributed by atoms with Gasteiger partial charge in [0, 0.05) is 25.3 Å². The molecule has 0 saturated carbocycles. The zero-order chi connectivity index (χ0) is 12.3.